The lowest BCUT2D eigenvalue weighted by Crippen LogP contribution is -2.32. The normalized spacial score (nSPS) is 30.4. The van der Waals surface area contributed by atoms with Crippen molar-refractivity contribution in [2.75, 3.05) is 6.61 Å². The summed E-state index contributed by atoms with van der Waals surface area (Å²) in [6.45, 7) is 0.671. The highest BCUT2D eigenvalue weighted by atomic mass is 32.1. The molecule has 4 heteroatoms. The summed E-state index contributed by atoms with van der Waals surface area (Å²) in [7, 11) is 0. The third-order valence-electron chi connectivity index (χ3n) is 2.04. The van der Waals surface area contributed by atoms with Gasteiger partial charge in [-0.2, -0.15) is 0 Å². The molecule has 1 aliphatic rings. The molecule has 0 aromatic carbocycles. The van der Waals surface area contributed by atoms with E-state index in [0.29, 0.717) is 6.61 Å². The van der Waals surface area contributed by atoms with Crippen molar-refractivity contribution in [3.63, 3.8) is 0 Å². The van der Waals surface area contributed by atoms with Crippen molar-refractivity contribution >= 4 is 11.3 Å². The fourth-order valence-electron chi connectivity index (χ4n) is 1.36. The van der Waals surface area contributed by atoms with Crippen LogP contribution in [0.2, 0.25) is 0 Å². The van der Waals surface area contributed by atoms with Crippen molar-refractivity contribution < 1.29 is 4.74 Å². The van der Waals surface area contributed by atoms with Crippen LogP contribution in [-0.2, 0) is 4.74 Å². The van der Waals surface area contributed by atoms with Crippen molar-refractivity contribution in [3.05, 3.63) is 16.6 Å². The summed E-state index contributed by atoms with van der Waals surface area (Å²) < 4.78 is 5.56. The van der Waals surface area contributed by atoms with E-state index < -0.39 is 0 Å². The highest BCUT2D eigenvalue weighted by molar-refractivity contribution is 7.09. The predicted molar refractivity (Wildman–Crippen MR) is 48.0 cm³/mol. The average Bonchev–Trinajstić information content (AvgIpc) is 2.58. The van der Waals surface area contributed by atoms with E-state index in [1.807, 2.05) is 11.6 Å². The van der Waals surface area contributed by atoms with Crippen LogP contribution in [0.1, 0.15) is 24.0 Å². The van der Waals surface area contributed by atoms with Crippen molar-refractivity contribution in [1.29, 1.82) is 0 Å². The van der Waals surface area contributed by atoms with Gasteiger partial charge in [-0.05, 0) is 12.8 Å². The molecule has 66 valence electrons. The van der Waals surface area contributed by atoms with E-state index in [-0.39, 0.29) is 12.1 Å². The maximum Gasteiger partial charge on any atom is 0.121 e. The SMILES string of the molecule is NC1CCC(c2nccs2)OC1. The molecule has 2 atom stereocenters. The molecule has 1 fully saturated rings. The van der Waals surface area contributed by atoms with Gasteiger partial charge in [0.2, 0.25) is 0 Å². The molecular weight excluding hydrogens is 172 g/mol. The molecule has 2 rings (SSSR count). The lowest BCUT2D eigenvalue weighted by Gasteiger charge is -2.25. The quantitative estimate of drug-likeness (QED) is 0.716. The molecule has 12 heavy (non-hydrogen) atoms. The zero-order chi connectivity index (χ0) is 8.39. The molecule has 1 aromatic heterocycles. The Kier molecular flexibility index (Phi) is 2.39. The number of aromatic nitrogens is 1. The van der Waals surface area contributed by atoms with Gasteiger partial charge in [0.1, 0.15) is 11.1 Å². The van der Waals surface area contributed by atoms with E-state index >= 15 is 0 Å². The van der Waals surface area contributed by atoms with Crippen LogP contribution in [-0.4, -0.2) is 17.6 Å². The smallest absolute Gasteiger partial charge is 0.121 e. The van der Waals surface area contributed by atoms with E-state index in [2.05, 4.69) is 4.98 Å². The Bertz CT molecular complexity index is 229. The monoisotopic (exact) mass is 184 g/mol. The maximum absolute atomic E-state index is 5.71. The third-order valence-corrected chi connectivity index (χ3v) is 2.91. The number of nitrogens with two attached hydrogens (primary N) is 1. The number of hydrogen-bond donors (Lipinski definition) is 1. The number of rotatable bonds is 1. The summed E-state index contributed by atoms with van der Waals surface area (Å²) in [6, 6.07) is 0.223. The van der Waals surface area contributed by atoms with E-state index in [0.717, 1.165) is 17.8 Å². The van der Waals surface area contributed by atoms with Crippen LogP contribution in [0.5, 0.6) is 0 Å². The molecule has 0 aliphatic carbocycles. The van der Waals surface area contributed by atoms with Crippen molar-refractivity contribution in [2.24, 2.45) is 5.73 Å². The highest BCUT2D eigenvalue weighted by Gasteiger charge is 2.21. The van der Waals surface area contributed by atoms with Gasteiger partial charge in [-0.1, -0.05) is 0 Å². The molecule has 0 bridgehead atoms. The number of ether oxygens (including phenoxy) is 1. The molecule has 2 unspecified atom stereocenters. The first-order valence-electron chi connectivity index (χ1n) is 4.13. The number of hydrogen-bond acceptors (Lipinski definition) is 4. The number of nitrogens with zero attached hydrogens (tertiary/aromatic N) is 1. The molecule has 0 spiro atoms. The predicted octanol–water partition coefficient (Wildman–Crippen LogP) is 1.32. The average molecular weight is 184 g/mol. The zero-order valence-electron chi connectivity index (χ0n) is 6.77. The van der Waals surface area contributed by atoms with Gasteiger partial charge in [0.15, 0.2) is 0 Å². The zero-order valence-corrected chi connectivity index (χ0v) is 7.59. The van der Waals surface area contributed by atoms with Gasteiger partial charge in [0.05, 0.1) is 6.61 Å². The Morgan fingerprint density at radius 3 is 3.08 bits per heavy atom. The largest absolute Gasteiger partial charge is 0.369 e. The Labute approximate surface area is 75.6 Å². The van der Waals surface area contributed by atoms with Gasteiger partial charge in [0, 0.05) is 17.6 Å². The third kappa shape index (κ3) is 1.65. The topological polar surface area (TPSA) is 48.1 Å². The Balaban J connectivity index is 1.99. The van der Waals surface area contributed by atoms with Crippen LogP contribution in [0.3, 0.4) is 0 Å². The second-order valence-corrected chi connectivity index (χ2v) is 3.96. The van der Waals surface area contributed by atoms with E-state index in [1.165, 1.54) is 0 Å². The van der Waals surface area contributed by atoms with Crippen LogP contribution in [0.15, 0.2) is 11.6 Å². The van der Waals surface area contributed by atoms with Gasteiger partial charge in [-0.25, -0.2) is 4.98 Å². The molecule has 0 amide bonds. The van der Waals surface area contributed by atoms with E-state index in [9.17, 15) is 0 Å². The summed E-state index contributed by atoms with van der Waals surface area (Å²) in [5.41, 5.74) is 5.71. The molecule has 0 radical (unpaired) electrons. The molecule has 3 nitrogen and oxygen atoms in total. The van der Waals surface area contributed by atoms with Crippen LogP contribution in [0.25, 0.3) is 0 Å². The van der Waals surface area contributed by atoms with Gasteiger partial charge in [-0.15, -0.1) is 11.3 Å². The van der Waals surface area contributed by atoms with E-state index in [1.54, 1.807) is 11.3 Å². The van der Waals surface area contributed by atoms with Crippen LogP contribution in [0.4, 0.5) is 0 Å². The standard InChI is InChI=1S/C8H12N2OS/c9-6-1-2-7(11-5-6)8-10-3-4-12-8/h3-4,6-7H,1-2,5,9H2. The van der Waals surface area contributed by atoms with Gasteiger partial charge in [0.25, 0.3) is 0 Å². The van der Waals surface area contributed by atoms with Crippen LogP contribution in [0, 0.1) is 0 Å². The summed E-state index contributed by atoms with van der Waals surface area (Å²) >= 11 is 1.65. The molecule has 1 aromatic rings. The summed E-state index contributed by atoms with van der Waals surface area (Å²) in [5.74, 6) is 0. The van der Waals surface area contributed by atoms with Crippen LogP contribution >= 0.6 is 11.3 Å². The lowest BCUT2D eigenvalue weighted by atomic mass is 10.1. The maximum atomic E-state index is 5.71. The van der Waals surface area contributed by atoms with Crippen LogP contribution < -0.4 is 5.73 Å². The van der Waals surface area contributed by atoms with Gasteiger partial charge >= 0.3 is 0 Å². The van der Waals surface area contributed by atoms with Gasteiger partial charge in [-0.3, -0.25) is 0 Å². The summed E-state index contributed by atoms with van der Waals surface area (Å²) in [6.07, 6.45) is 4.07. The molecule has 1 saturated heterocycles. The summed E-state index contributed by atoms with van der Waals surface area (Å²) in [4.78, 5) is 4.22. The minimum atomic E-state index is 0.199. The Hall–Kier alpha value is -0.450. The Morgan fingerprint density at radius 2 is 2.50 bits per heavy atom. The summed E-state index contributed by atoms with van der Waals surface area (Å²) in [5, 5.41) is 3.06. The Morgan fingerprint density at radius 1 is 1.58 bits per heavy atom. The second kappa shape index (κ2) is 3.51. The molecule has 2 heterocycles. The molecular formula is C8H12N2OS. The number of thiazole rings is 1. The molecule has 0 saturated carbocycles. The fraction of sp³-hybridized carbons (Fsp3) is 0.625. The first-order valence-corrected chi connectivity index (χ1v) is 5.01. The molecule has 2 N–H and O–H groups in total. The first kappa shape index (κ1) is 8.16. The second-order valence-electron chi connectivity index (χ2n) is 3.03. The lowest BCUT2D eigenvalue weighted by molar-refractivity contribution is 0.00400. The molecule has 1 aliphatic heterocycles. The van der Waals surface area contributed by atoms with Gasteiger partial charge < -0.3 is 10.5 Å². The van der Waals surface area contributed by atoms with Crippen molar-refractivity contribution in [2.45, 2.75) is 25.0 Å². The highest BCUT2D eigenvalue weighted by Crippen LogP contribution is 2.28. The van der Waals surface area contributed by atoms with Crippen molar-refractivity contribution in [3.8, 4) is 0 Å². The minimum absolute atomic E-state index is 0.199. The van der Waals surface area contributed by atoms with E-state index in [4.69, 9.17) is 10.5 Å². The minimum Gasteiger partial charge on any atom is -0.369 e. The van der Waals surface area contributed by atoms with Crippen molar-refractivity contribution in [1.82, 2.24) is 4.98 Å². The first-order chi connectivity index (χ1) is 5.86. The fourth-order valence-corrected chi connectivity index (χ4v) is 2.08.